The molecule has 1 aromatic heterocycles. The Morgan fingerprint density at radius 3 is 2.77 bits per heavy atom. The molecule has 0 saturated carbocycles. The van der Waals surface area contributed by atoms with Crippen molar-refractivity contribution >= 4 is 26.5 Å². The Morgan fingerprint density at radius 2 is 2.23 bits per heavy atom. The number of thiazole rings is 1. The summed E-state index contributed by atoms with van der Waals surface area (Å²) >= 11 is 1.36. The van der Waals surface area contributed by atoms with Crippen LogP contribution < -0.4 is 5.73 Å². The van der Waals surface area contributed by atoms with E-state index in [1.54, 1.807) is 0 Å². The average Bonchev–Trinajstić information content (AvgIpc) is 2.40. The van der Waals surface area contributed by atoms with Gasteiger partial charge in [0.25, 0.3) is 0 Å². The van der Waals surface area contributed by atoms with Gasteiger partial charge in [0.2, 0.25) is 10.0 Å². The fourth-order valence-corrected chi connectivity index (χ4v) is 2.93. The van der Waals surface area contributed by atoms with Crippen LogP contribution in [0.25, 0.3) is 0 Å². The van der Waals surface area contributed by atoms with Crippen molar-refractivity contribution in [1.29, 1.82) is 0 Å². The summed E-state index contributed by atoms with van der Waals surface area (Å²) < 4.78 is 23.7. The van der Waals surface area contributed by atoms with Crippen molar-refractivity contribution in [3.63, 3.8) is 0 Å². The lowest BCUT2D eigenvalue weighted by molar-refractivity contribution is 0.435. The van der Waals surface area contributed by atoms with E-state index in [0.29, 0.717) is 18.2 Å². The van der Waals surface area contributed by atoms with E-state index in [-0.39, 0.29) is 0 Å². The van der Waals surface area contributed by atoms with E-state index in [1.165, 1.54) is 21.9 Å². The van der Waals surface area contributed by atoms with Gasteiger partial charge in [0.1, 0.15) is 0 Å². The lowest BCUT2D eigenvalue weighted by Crippen LogP contribution is -2.24. The summed E-state index contributed by atoms with van der Waals surface area (Å²) in [5.74, 6) is 0. The van der Waals surface area contributed by atoms with Crippen LogP contribution in [0, 0.1) is 0 Å². The fraction of sp³-hybridized carbons (Fsp3) is 0.500. The molecule has 1 aromatic rings. The molecule has 0 aromatic carbocycles. The van der Waals surface area contributed by atoms with Gasteiger partial charge in [-0.25, -0.2) is 13.4 Å². The Kier molecular flexibility index (Phi) is 1.83. The van der Waals surface area contributed by atoms with Crippen LogP contribution >= 0.6 is 11.3 Å². The molecule has 0 bridgehead atoms. The molecule has 7 heteroatoms. The minimum atomic E-state index is -3.09. The third-order valence-corrected chi connectivity index (χ3v) is 4.02. The molecule has 2 rings (SSSR count). The molecule has 0 unspecified atom stereocenters. The Morgan fingerprint density at radius 1 is 1.54 bits per heavy atom. The first-order chi connectivity index (χ1) is 5.97. The highest BCUT2D eigenvalue weighted by Gasteiger charge is 2.28. The van der Waals surface area contributed by atoms with E-state index < -0.39 is 10.0 Å². The molecule has 1 aliphatic rings. The molecule has 0 saturated heterocycles. The molecular weight excluding hydrogens is 210 g/mol. The Hall–Kier alpha value is -0.660. The molecule has 2 N–H and O–H groups in total. The van der Waals surface area contributed by atoms with E-state index in [0.717, 1.165) is 10.6 Å². The summed E-state index contributed by atoms with van der Waals surface area (Å²) in [4.78, 5) is 5.01. The van der Waals surface area contributed by atoms with E-state index in [1.807, 2.05) is 0 Å². The lowest BCUT2D eigenvalue weighted by Gasteiger charge is -2.10. The Balaban J connectivity index is 2.29. The second-order valence-corrected chi connectivity index (χ2v) is 6.05. The number of nitrogens with two attached hydrogens (primary N) is 1. The van der Waals surface area contributed by atoms with Crippen molar-refractivity contribution in [2.24, 2.45) is 0 Å². The molecule has 0 aliphatic carbocycles. The number of anilines is 1. The Bertz CT molecular complexity index is 413. The monoisotopic (exact) mass is 219 g/mol. The molecule has 0 radical (unpaired) electrons. The maximum absolute atomic E-state index is 11.2. The standard InChI is InChI=1S/C6H9N3O2S2/c1-13(10,11)9-2-4-5(3-9)12-6(7)8-4/h2-3H2,1H3,(H2,7,8). The predicted octanol–water partition coefficient (Wildman–Crippen LogP) is 0.000500. The highest BCUT2D eigenvalue weighted by Crippen LogP contribution is 2.30. The second kappa shape index (κ2) is 2.66. The second-order valence-electron chi connectivity index (χ2n) is 2.95. The molecule has 5 nitrogen and oxygen atoms in total. The smallest absolute Gasteiger partial charge is 0.211 e. The van der Waals surface area contributed by atoms with Crippen LogP contribution in [0.4, 0.5) is 5.13 Å². The first-order valence-electron chi connectivity index (χ1n) is 3.66. The zero-order valence-corrected chi connectivity index (χ0v) is 8.65. The maximum atomic E-state index is 11.2. The van der Waals surface area contributed by atoms with Crippen molar-refractivity contribution in [3.05, 3.63) is 10.6 Å². The topological polar surface area (TPSA) is 76.3 Å². The van der Waals surface area contributed by atoms with Crippen LogP contribution in [-0.2, 0) is 23.1 Å². The first kappa shape index (κ1) is 8.92. The molecule has 2 heterocycles. The third kappa shape index (κ3) is 1.54. The third-order valence-electron chi connectivity index (χ3n) is 1.91. The van der Waals surface area contributed by atoms with Gasteiger partial charge in [-0.2, -0.15) is 4.31 Å². The van der Waals surface area contributed by atoms with Gasteiger partial charge in [0.15, 0.2) is 5.13 Å². The van der Waals surface area contributed by atoms with Gasteiger partial charge in [-0.05, 0) is 0 Å². The summed E-state index contributed by atoms with van der Waals surface area (Å²) in [6, 6.07) is 0. The van der Waals surface area contributed by atoms with Gasteiger partial charge in [0.05, 0.1) is 25.0 Å². The van der Waals surface area contributed by atoms with Gasteiger partial charge in [-0.3, -0.25) is 0 Å². The zero-order chi connectivity index (χ0) is 9.64. The predicted molar refractivity (Wildman–Crippen MR) is 50.6 cm³/mol. The summed E-state index contributed by atoms with van der Waals surface area (Å²) in [6.45, 7) is 0.783. The maximum Gasteiger partial charge on any atom is 0.211 e. The van der Waals surface area contributed by atoms with Crippen LogP contribution in [0.1, 0.15) is 10.6 Å². The molecule has 0 amide bonds. The van der Waals surface area contributed by atoms with Gasteiger partial charge >= 0.3 is 0 Å². The van der Waals surface area contributed by atoms with Gasteiger partial charge in [-0.15, -0.1) is 11.3 Å². The Labute approximate surface area is 80.2 Å². The number of hydrogen-bond acceptors (Lipinski definition) is 5. The van der Waals surface area contributed by atoms with Crippen molar-refractivity contribution in [2.75, 3.05) is 12.0 Å². The van der Waals surface area contributed by atoms with Crippen molar-refractivity contribution in [1.82, 2.24) is 9.29 Å². The summed E-state index contributed by atoms with van der Waals surface area (Å²) in [5.41, 5.74) is 6.28. The summed E-state index contributed by atoms with van der Waals surface area (Å²) in [5, 5.41) is 0.512. The first-order valence-corrected chi connectivity index (χ1v) is 6.32. The largest absolute Gasteiger partial charge is 0.375 e. The minimum Gasteiger partial charge on any atom is -0.375 e. The summed E-state index contributed by atoms with van der Waals surface area (Å²) in [6.07, 6.45) is 1.20. The van der Waals surface area contributed by atoms with Crippen molar-refractivity contribution in [2.45, 2.75) is 13.1 Å². The number of fused-ring (bicyclic) bond motifs is 1. The molecule has 0 fully saturated rings. The zero-order valence-electron chi connectivity index (χ0n) is 7.02. The minimum absolute atomic E-state index is 0.363. The van der Waals surface area contributed by atoms with E-state index >= 15 is 0 Å². The van der Waals surface area contributed by atoms with Crippen LogP contribution in [0.5, 0.6) is 0 Å². The molecule has 72 valence electrons. The number of aromatic nitrogens is 1. The average molecular weight is 219 g/mol. The lowest BCUT2D eigenvalue weighted by atomic mass is 10.4. The van der Waals surface area contributed by atoms with Crippen LogP contribution in [0.2, 0.25) is 0 Å². The van der Waals surface area contributed by atoms with E-state index in [4.69, 9.17) is 5.73 Å². The van der Waals surface area contributed by atoms with Gasteiger partial charge < -0.3 is 5.73 Å². The highest BCUT2D eigenvalue weighted by molar-refractivity contribution is 7.88. The highest BCUT2D eigenvalue weighted by atomic mass is 32.2. The summed E-state index contributed by atoms with van der Waals surface area (Å²) in [7, 11) is -3.09. The van der Waals surface area contributed by atoms with E-state index in [9.17, 15) is 8.42 Å². The normalized spacial score (nSPS) is 17.6. The molecule has 0 spiro atoms. The molecule has 13 heavy (non-hydrogen) atoms. The van der Waals surface area contributed by atoms with Gasteiger partial charge in [-0.1, -0.05) is 0 Å². The van der Waals surface area contributed by atoms with E-state index in [2.05, 4.69) is 4.98 Å². The SMILES string of the molecule is CS(=O)(=O)N1Cc2nc(N)sc2C1. The van der Waals surface area contributed by atoms with Crippen molar-refractivity contribution in [3.8, 4) is 0 Å². The number of rotatable bonds is 1. The van der Waals surface area contributed by atoms with Crippen LogP contribution in [-0.4, -0.2) is 24.0 Å². The molecule has 1 aliphatic heterocycles. The fourth-order valence-electron chi connectivity index (χ4n) is 1.27. The number of nitrogen functional groups attached to an aromatic ring is 1. The quantitative estimate of drug-likeness (QED) is 0.721. The number of hydrogen-bond donors (Lipinski definition) is 1. The number of sulfonamides is 1. The molecular formula is C6H9N3O2S2. The molecule has 0 atom stereocenters. The van der Waals surface area contributed by atoms with Gasteiger partial charge in [0, 0.05) is 4.88 Å². The van der Waals surface area contributed by atoms with Crippen molar-refractivity contribution < 1.29 is 8.42 Å². The number of nitrogens with zero attached hydrogens (tertiary/aromatic N) is 2. The van der Waals surface area contributed by atoms with Crippen LogP contribution in [0.3, 0.4) is 0 Å². The van der Waals surface area contributed by atoms with Crippen LogP contribution in [0.15, 0.2) is 0 Å².